The van der Waals surface area contributed by atoms with Gasteiger partial charge >= 0.3 is 0 Å². The molecule has 0 fully saturated rings. The maximum absolute atomic E-state index is 14.1. The van der Waals surface area contributed by atoms with Gasteiger partial charge in [-0.05, 0) is 45.8 Å². The highest BCUT2D eigenvalue weighted by Gasteiger charge is 2.29. The lowest BCUT2D eigenvalue weighted by atomic mass is 9.74. The van der Waals surface area contributed by atoms with Crippen molar-refractivity contribution in [3.63, 3.8) is 0 Å². The van der Waals surface area contributed by atoms with Crippen molar-refractivity contribution in [3.8, 4) is 0 Å². The predicted molar refractivity (Wildman–Crippen MR) is 76.1 cm³/mol. The lowest BCUT2D eigenvalue weighted by Crippen LogP contribution is -2.24. The van der Waals surface area contributed by atoms with Gasteiger partial charge < -0.3 is 5.11 Å². The van der Waals surface area contributed by atoms with Gasteiger partial charge in [0, 0.05) is 10.0 Å². The van der Waals surface area contributed by atoms with Crippen LogP contribution in [0.25, 0.3) is 5.57 Å². The van der Waals surface area contributed by atoms with E-state index in [2.05, 4.69) is 29.8 Å². The first-order chi connectivity index (χ1) is 8.30. The van der Waals surface area contributed by atoms with E-state index in [-0.39, 0.29) is 10.4 Å². The number of hydrogen-bond acceptors (Lipinski definition) is 1. The molecule has 0 saturated carbocycles. The van der Waals surface area contributed by atoms with Gasteiger partial charge in [0.1, 0.15) is 5.82 Å². The molecule has 4 heteroatoms. The third-order valence-electron chi connectivity index (χ3n) is 3.21. The minimum Gasteiger partial charge on any atom is -0.389 e. The first-order valence-corrected chi connectivity index (χ1v) is 7.00. The van der Waals surface area contributed by atoms with E-state index in [0.29, 0.717) is 16.5 Å². The van der Waals surface area contributed by atoms with Gasteiger partial charge in [0.2, 0.25) is 0 Å². The van der Waals surface area contributed by atoms with Crippen LogP contribution in [0.5, 0.6) is 0 Å². The largest absolute Gasteiger partial charge is 0.389 e. The fourth-order valence-corrected chi connectivity index (χ4v) is 2.93. The Labute approximate surface area is 120 Å². The smallest absolute Gasteiger partial charge is 0.150 e. The first-order valence-electron chi connectivity index (χ1n) is 5.83. The molecule has 0 amide bonds. The topological polar surface area (TPSA) is 20.2 Å². The van der Waals surface area contributed by atoms with Gasteiger partial charge in [0.25, 0.3) is 0 Å². The number of benzene rings is 1. The Balaban J connectivity index is 2.47. The SMILES string of the molecule is CC1(C)CC(c2ccc(Br)c(Cl)c2F)=CC(O)C1. The molecular formula is C14H15BrClFO. The van der Waals surface area contributed by atoms with E-state index in [1.165, 1.54) is 0 Å². The minimum atomic E-state index is -0.523. The van der Waals surface area contributed by atoms with Crippen LogP contribution in [0.1, 0.15) is 32.3 Å². The maximum atomic E-state index is 14.1. The third-order valence-corrected chi connectivity index (χ3v) is 4.46. The number of aliphatic hydroxyl groups is 1. The Hall–Kier alpha value is -0.380. The quantitative estimate of drug-likeness (QED) is 0.732. The molecule has 1 unspecified atom stereocenters. The Kier molecular flexibility index (Phi) is 3.86. The molecule has 0 radical (unpaired) electrons. The Morgan fingerprint density at radius 2 is 2.11 bits per heavy atom. The summed E-state index contributed by atoms with van der Waals surface area (Å²) < 4.78 is 14.7. The molecular weight excluding hydrogens is 319 g/mol. The Morgan fingerprint density at radius 3 is 2.72 bits per heavy atom. The number of rotatable bonds is 1. The van der Waals surface area contributed by atoms with Crippen LogP contribution in [0.3, 0.4) is 0 Å². The second kappa shape index (κ2) is 4.95. The van der Waals surface area contributed by atoms with E-state index in [1.54, 1.807) is 18.2 Å². The summed E-state index contributed by atoms with van der Waals surface area (Å²) in [6.45, 7) is 4.14. The summed E-state index contributed by atoms with van der Waals surface area (Å²) >= 11 is 9.10. The van der Waals surface area contributed by atoms with E-state index in [9.17, 15) is 9.50 Å². The van der Waals surface area contributed by atoms with Crippen LogP contribution in [0.15, 0.2) is 22.7 Å². The van der Waals surface area contributed by atoms with Gasteiger partial charge in [-0.15, -0.1) is 0 Å². The zero-order valence-electron chi connectivity index (χ0n) is 10.3. The van der Waals surface area contributed by atoms with Crippen LogP contribution in [0.2, 0.25) is 5.02 Å². The van der Waals surface area contributed by atoms with Crippen molar-refractivity contribution < 1.29 is 9.50 Å². The number of hydrogen-bond donors (Lipinski definition) is 1. The van der Waals surface area contributed by atoms with E-state index >= 15 is 0 Å². The van der Waals surface area contributed by atoms with E-state index in [4.69, 9.17) is 11.6 Å². The van der Waals surface area contributed by atoms with E-state index < -0.39 is 11.9 Å². The molecule has 2 rings (SSSR count). The summed E-state index contributed by atoms with van der Waals surface area (Å²) in [4.78, 5) is 0. The predicted octanol–water partition coefficient (Wildman–Crippen LogP) is 4.81. The molecule has 1 aromatic rings. The summed E-state index contributed by atoms with van der Waals surface area (Å²) in [5.41, 5.74) is 1.27. The van der Waals surface area contributed by atoms with Gasteiger partial charge in [-0.1, -0.05) is 37.6 Å². The van der Waals surface area contributed by atoms with E-state index in [1.807, 2.05) is 0 Å². The highest BCUT2D eigenvalue weighted by atomic mass is 79.9. The molecule has 98 valence electrons. The van der Waals surface area contributed by atoms with Crippen molar-refractivity contribution in [1.82, 2.24) is 0 Å². The molecule has 1 atom stereocenters. The molecule has 0 aromatic heterocycles. The van der Waals surface area contributed by atoms with E-state index in [0.717, 1.165) is 12.0 Å². The number of halogens is 3. The zero-order valence-corrected chi connectivity index (χ0v) is 12.6. The van der Waals surface area contributed by atoms with Crippen molar-refractivity contribution in [2.75, 3.05) is 0 Å². The molecule has 1 N–H and O–H groups in total. The molecule has 0 heterocycles. The summed E-state index contributed by atoms with van der Waals surface area (Å²) in [6.07, 6.45) is 2.64. The molecule has 1 aliphatic rings. The van der Waals surface area contributed by atoms with Gasteiger partial charge in [0.15, 0.2) is 0 Å². The Morgan fingerprint density at radius 1 is 1.44 bits per heavy atom. The van der Waals surface area contributed by atoms with Crippen molar-refractivity contribution in [3.05, 3.63) is 39.1 Å². The zero-order chi connectivity index (χ0) is 13.5. The molecule has 0 bridgehead atoms. The van der Waals surface area contributed by atoms with Gasteiger partial charge in [-0.2, -0.15) is 0 Å². The highest BCUT2D eigenvalue weighted by Crippen LogP contribution is 2.41. The van der Waals surface area contributed by atoms with Crippen molar-refractivity contribution in [2.24, 2.45) is 5.41 Å². The molecule has 1 nitrogen and oxygen atoms in total. The average molecular weight is 334 g/mol. The van der Waals surface area contributed by atoms with Gasteiger partial charge in [-0.3, -0.25) is 0 Å². The molecule has 1 aromatic carbocycles. The fraction of sp³-hybridized carbons (Fsp3) is 0.429. The van der Waals surface area contributed by atoms with Crippen molar-refractivity contribution >= 4 is 33.1 Å². The normalized spacial score (nSPS) is 22.8. The average Bonchev–Trinajstić information content (AvgIpc) is 2.23. The third kappa shape index (κ3) is 2.79. The van der Waals surface area contributed by atoms with Crippen LogP contribution in [0.4, 0.5) is 4.39 Å². The molecule has 1 aliphatic carbocycles. The van der Waals surface area contributed by atoms with Crippen LogP contribution < -0.4 is 0 Å². The summed E-state index contributed by atoms with van der Waals surface area (Å²) in [5, 5.41) is 9.94. The Bertz CT molecular complexity index is 511. The molecule has 0 aliphatic heterocycles. The monoisotopic (exact) mass is 332 g/mol. The van der Waals surface area contributed by atoms with Crippen molar-refractivity contribution in [2.45, 2.75) is 32.8 Å². The van der Waals surface area contributed by atoms with Gasteiger partial charge in [0.05, 0.1) is 11.1 Å². The molecule has 0 spiro atoms. The van der Waals surface area contributed by atoms with Crippen LogP contribution >= 0.6 is 27.5 Å². The minimum absolute atomic E-state index is 0.0323. The fourth-order valence-electron chi connectivity index (χ4n) is 2.46. The summed E-state index contributed by atoms with van der Waals surface area (Å²) in [6, 6.07) is 3.43. The lowest BCUT2D eigenvalue weighted by molar-refractivity contribution is 0.146. The standard InChI is InChI=1S/C14H15BrClFO/c1-14(2)6-8(5-9(18)7-14)10-3-4-11(15)12(16)13(10)17/h3-5,9,18H,6-7H2,1-2H3. The van der Waals surface area contributed by atoms with Crippen molar-refractivity contribution in [1.29, 1.82) is 0 Å². The lowest BCUT2D eigenvalue weighted by Gasteiger charge is -2.32. The molecule has 0 saturated heterocycles. The van der Waals surface area contributed by atoms with Crippen LogP contribution in [-0.4, -0.2) is 11.2 Å². The molecule has 18 heavy (non-hydrogen) atoms. The van der Waals surface area contributed by atoms with Crippen LogP contribution in [-0.2, 0) is 0 Å². The summed E-state index contributed by atoms with van der Waals surface area (Å²) in [7, 11) is 0. The first kappa shape index (κ1) is 14.0. The second-order valence-corrected chi connectivity index (χ2v) is 6.76. The second-order valence-electron chi connectivity index (χ2n) is 5.53. The highest BCUT2D eigenvalue weighted by molar-refractivity contribution is 9.10. The number of aliphatic hydroxyl groups excluding tert-OH is 1. The van der Waals surface area contributed by atoms with Crippen LogP contribution in [0, 0.1) is 11.2 Å². The van der Waals surface area contributed by atoms with Gasteiger partial charge in [-0.25, -0.2) is 4.39 Å². The maximum Gasteiger partial charge on any atom is 0.150 e. The summed E-state index contributed by atoms with van der Waals surface area (Å²) in [5.74, 6) is -0.429. The number of allylic oxidation sites excluding steroid dienone is 1.